The molecule has 0 saturated carbocycles. The molecule has 1 atom stereocenters. The van der Waals surface area contributed by atoms with Gasteiger partial charge in [0.25, 0.3) is 0 Å². The first-order valence-electron chi connectivity index (χ1n) is 8.60. The van der Waals surface area contributed by atoms with Gasteiger partial charge in [-0.1, -0.05) is 24.3 Å². The predicted octanol–water partition coefficient (Wildman–Crippen LogP) is 5.66. The Labute approximate surface area is 169 Å². The summed E-state index contributed by atoms with van der Waals surface area (Å²) < 4.78 is 48.7. The van der Waals surface area contributed by atoms with Crippen LogP contribution in [-0.2, 0) is 15.7 Å². The number of ether oxygens (including phenoxy) is 2. The number of carbonyl (C=O) groups excluding carboxylic acids is 1. The van der Waals surface area contributed by atoms with Gasteiger partial charge in [-0.15, -0.1) is 11.3 Å². The number of halogens is 3. The summed E-state index contributed by atoms with van der Waals surface area (Å²) >= 11 is 1.36. The third kappa shape index (κ3) is 4.49. The Balaban J connectivity index is 1.91. The SMILES string of the molecule is COC(=O)c1ccc(C(OC)c2sc(-c3ccc(C(F)(F)F)cc3)nc2C)cc1. The van der Waals surface area contributed by atoms with Crippen molar-refractivity contribution in [2.45, 2.75) is 19.2 Å². The summed E-state index contributed by atoms with van der Waals surface area (Å²) in [5.41, 5.74) is 1.89. The van der Waals surface area contributed by atoms with Crippen LogP contribution in [0.5, 0.6) is 0 Å². The minimum Gasteiger partial charge on any atom is -0.465 e. The molecule has 0 aliphatic carbocycles. The van der Waals surface area contributed by atoms with Gasteiger partial charge in [-0.25, -0.2) is 9.78 Å². The van der Waals surface area contributed by atoms with E-state index in [0.29, 0.717) is 16.1 Å². The van der Waals surface area contributed by atoms with Gasteiger partial charge in [0.2, 0.25) is 0 Å². The van der Waals surface area contributed by atoms with E-state index in [1.54, 1.807) is 31.4 Å². The first kappa shape index (κ1) is 21.0. The molecule has 1 unspecified atom stereocenters. The normalized spacial score (nSPS) is 12.6. The third-order valence-electron chi connectivity index (χ3n) is 4.40. The van der Waals surface area contributed by atoms with Crippen LogP contribution in [0.4, 0.5) is 13.2 Å². The second kappa shape index (κ2) is 8.34. The highest BCUT2D eigenvalue weighted by Crippen LogP contribution is 2.37. The van der Waals surface area contributed by atoms with E-state index in [9.17, 15) is 18.0 Å². The second-order valence-electron chi connectivity index (χ2n) is 6.27. The lowest BCUT2D eigenvalue weighted by Crippen LogP contribution is -2.05. The Hall–Kier alpha value is -2.71. The number of aromatic nitrogens is 1. The van der Waals surface area contributed by atoms with Crippen molar-refractivity contribution < 1.29 is 27.4 Å². The minimum absolute atomic E-state index is 0.414. The fourth-order valence-electron chi connectivity index (χ4n) is 2.88. The van der Waals surface area contributed by atoms with Crippen LogP contribution in [0.25, 0.3) is 10.6 Å². The molecule has 1 heterocycles. The van der Waals surface area contributed by atoms with E-state index in [4.69, 9.17) is 9.47 Å². The number of aryl methyl sites for hydroxylation is 1. The van der Waals surface area contributed by atoms with Crippen molar-refractivity contribution >= 4 is 17.3 Å². The molecule has 3 aromatic rings. The molecule has 0 bridgehead atoms. The number of alkyl halides is 3. The molecular weight excluding hydrogens is 403 g/mol. The van der Waals surface area contributed by atoms with Crippen molar-refractivity contribution in [1.29, 1.82) is 0 Å². The van der Waals surface area contributed by atoms with Crippen LogP contribution in [-0.4, -0.2) is 25.2 Å². The number of rotatable bonds is 5. The molecule has 0 amide bonds. The summed E-state index contributed by atoms with van der Waals surface area (Å²) in [6.45, 7) is 1.83. The van der Waals surface area contributed by atoms with E-state index >= 15 is 0 Å². The highest BCUT2D eigenvalue weighted by molar-refractivity contribution is 7.15. The molecule has 0 fully saturated rings. The number of hydrogen-bond acceptors (Lipinski definition) is 5. The molecule has 8 heteroatoms. The Morgan fingerprint density at radius 1 is 1.03 bits per heavy atom. The number of thiazole rings is 1. The van der Waals surface area contributed by atoms with Crippen LogP contribution in [0.2, 0.25) is 0 Å². The zero-order valence-electron chi connectivity index (χ0n) is 15.9. The van der Waals surface area contributed by atoms with Crippen LogP contribution >= 0.6 is 11.3 Å². The predicted molar refractivity (Wildman–Crippen MR) is 104 cm³/mol. The molecule has 1 aromatic heterocycles. The van der Waals surface area contributed by atoms with Gasteiger partial charge in [-0.2, -0.15) is 13.2 Å². The topological polar surface area (TPSA) is 48.4 Å². The Bertz CT molecular complexity index is 996. The average molecular weight is 421 g/mol. The number of benzene rings is 2. The molecule has 0 saturated heterocycles. The number of esters is 1. The smallest absolute Gasteiger partial charge is 0.416 e. The minimum atomic E-state index is -4.38. The van der Waals surface area contributed by atoms with Crippen LogP contribution in [0, 0.1) is 6.92 Å². The molecule has 0 N–H and O–H groups in total. The molecular formula is C21H18F3NO3S. The van der Waals surface area contributed by atoms with Gasteiger partial charge in [-0.3, -0.25) is 0 Å². The summed E-state index contributed by atoms with van der Waals surface area (Å²) in [7, 11) is 2.88. The van der Waals surface area contributed by atoms with E-state index in [2.05, 4.69) is 4.98 Å². The van der Waals surface area contributed by atoms with E-state index < -0.39 is 23.8 Å². The number of nitrogens with zero attached hydrogens (tertiary/aromatic N) is 1. The molecule has 2 aromatic carbocycles. The molecule has 3 rings (SSSR count). The van der Waals surface area contributed by atoms with Crippen molar-refractivity contribution in [3.05, 3.63) is 75.8 Å². The van der Waals surface area contributed by atoms with Crippen LogP contribution in [0.3, 0.4) is 0 Å². The quantitative estimate of drug-likeness (QED) is 0.499. The Morgan fingerprint density at radius 3 is 2.17 bits per heavy atom. The Morgan fingerprint density at radius 2 is 1.66 bits per heavy atom. The summed E-state index contributed by atoms with van der Waals surface area (Å²) in [5.74, 6) is -0.427. The van der Waals surface area contributed by atoms with Crippen molar-refractivity contribution in [3.8, 4) is 10.6 Å². The van der Waals surface area contributed by atoms with E-state index in [1.807, 2.05) is 6.92 Å². The van der Waals surface area contributed by atoms with Gasteiger partial charge < -0.3 is 9.47 Å². The van der Waals surface area contributed by atoms with Crippen molar-refractivity contribution in [2.75, 3.05) is 14.2 Å². The van der Waals surface area contributed by atoms with Gasteiger partial charge in [0, 0.05) is 12.7 Å². The van der Waals surface area contributed by atoms with Crippen LogP contribution < -0.4 is 0 Å². The van der Waals surface area contributed by atoms with Crippen molar-refractivity contribution in [1.82, 2.24) is 4.98 Å². The summed E-state index contributed by atoms with van der Waals surface area (Å²) in [4.78, 5) is 17.0. The van der Waals surface area contributed by atoms with Gasteiger partial charge in [0.05, 0.1) is 28.8 Å². The molecule has 152 valence electrons. The zero-order valence-corrected chi connectivity index (χ0v) is 16.7. The van der Waals surface area contributed by atoms with Gasteiger partial charge in [-0.05, 0) is 36.8 Å². The number of methoxy groups -OCH3 is 2. The largest absolute Gasteiger partial charge is 0.465 e. The summed E-state index contributed by atoms with van der Waals surface area (Å²) in [6, 6.07) is 11.8. The molecule has 0 aliphatic rings. The van der Waals surface area contributed by atoms with E-state index in [-0.39, 0.29) is 0 Å². The molecule has 29 heavy (non-hydrogen) atoms. The maximum absolute atomic E-state index is 12.8. The standard InChI is InChI=1S/C21H18F3NO3S/c1-12-18(17(27-2)13-4-6-15(7-5-13)20(26)28-3)29-19(25-12)14-8-10-16(11-9-14)21(22,23)24/h4-11,17H,1-3H3. The molecule has 0 aliphatic heterocycles. The fraction of sp³-hybridized carbons (Fsp3) is 0.238. The van der Waals surface area contributed by atoms with Gasteiger partial charge in [0.15, 0.2) is 0 Å². The zero-order chi connectivity index (χ0) is 21.2. The fourth-order valence-corrected chi connectivity index (χ4v) is 4.06. The lowest BCUT2D eigenvalue weighted by Gasteiger charge is -2.15. The highest BCUT2D eigenvalue weighted by Gasteiger charge is 2.30. The van der Waals surface area contributed by atoms with Crippen LogP contribution in [0.1, 0.15) is 38.2 Å². The maximum Gasteiger partial charge on any atom is 0.416 e. The Kier molecular flexibility index (Phi) is 6.04. The van der Waals surface area contributed by atoms with Crippen molar-refractivity contribution in [3.63, 3.8) is 0 Å². The molecule has 0 spiro atoms. The second-order valence-corrected chi connectivity index (χ2v) is 7.30. The highest BCUT2D eigenvalue weighted by atomic mass is 32.1. The van der Waals surface area contributed by atoms with E-state index in [1.165, 1.54) is 30.6 Å². The van der Waals surface area contributed by atoms with Crippen LogP contribution in [0.15, 0.2) is 48.5 Å². The summed E-state index contributed by atoms with van der Waals surface area (Å²) in [5, 5.41) is 0.611. The van der Waals surface area contributed by atoms with Crippen molar-refractivity contribution in [2.24, 2.45) is 0 Å². The lowest BCUT2D eigenvalue weighted by molar-refractivity contribution is -0.137. The maximum atomic E-state index is 12.8. The lowest BCUT2D eigenvalue weighted by atomic mass is 10.0. The third-order valence-corrected chi connectivity index (χ3v) is 5.65. The van der Waals surface area contributed by atoms with E-state index in [0.717, 1.165) is 28.3 Å². The first-order valence-corrected chi connectivity index (χ1v) is 9.42. The van der Waals surface area contributed by atoms with Gasteiger partial charge in [0.1, 0.15) is 11.1 Å². The monoisotopic (exact) mass is 421 g/mol. The van der Waals surface area contributed by atoms with Gasteiger partial charge >= 0.3 is 12.1 Å². The molecule has 0 radical (unpaired) electrons. The molecule has 4 nitrogen and oxygen atoms in total. The number of hydrogen-bond donors (Lipinski definition) is 0. The number of carbonyl (C=O) groups is 1. The average Bonchev–Trinajstić information content (AvgIpc) is 3.09. The first-order chi connectivity index (χ1) is 13.7. The summed E-state index contributed by atoms with van der Waals surface area (Å²) in [6.07, 6.45) is -4.79.